The Labute approximate surface area is 213 Å². The monoisotopic (exact) mass is 488 g/mol. The molecule has 5 atom stereocenters. The van der Waals surface area contributed by atoms with Gasteiger partial charge in [0.05, 0.1) is 7.11 Å². The predicted molar refractivity (Wildman–Crippen MR) is 137 cm³/mol. The Hall–Kier alpha value is -2.68. The minimum Gasteiger partial charge on any atom is -0.497 e. The minimum absolute atomic E-state index is 0.0227. The molecule has 1 aromatic carbocycles. The summed E-state index contributed by atoms with van der Waals surface area (Å²) in [6.07, 6.45) is 8.26. The number of carbonyl (C=O) groups excluding carboxylic acids is 2. The lowest BCUT2D eigenvalue weighted by Gasteiger charge is -2.52. The molecule has 0 radical (unpaired) electrons. The summed E-state index contributed by atoms with van der Waals surface area (Å²) in [5.74, 6) is 7.70. The van der Waals surface area contributed by atoms with Crippen molar-refractivity contribution in [2.75, 3.05) is 26.9 Å². The van der Waals surface area contributed by atoms with Gasteiger partial charge in [-0.2, -0.15) is 0 Å². The second-order valence-corrected chi connectivity index (χ2v) is 11.0. The number of aliphatic hydroxyl groups is 1. The molecule has 4 aliphatic rings. The van der Waals surface area contributed by atoms with E-state index in [1.54, 1.807) is 7.11 Å². The molecule has 1 aromatic rings. The van der Waals surface area contributed by atoms with Crippen molar-refractivity contribution in [1.82, 2.24) is 0 Å². The van der Waals surface area contributed by atoms with Gasteiger partial charge in [0.25, 0.3) is 0 Å². The molecule has 2 fully saturated rings. The quantitative estimate of drug-likeness (QED) is 0.460. The molecule has 190 valence electrons. The smallest absolute Gasteiger partial charge is 0.162 e. The van der Waals surface area contributed by atoms with Crippen LogP contribution in [0.3, 0.4) is 0 Å². The van der Waals surface area contributed by atoms with Crippen LogP contribution in [-0.2, 0) is 14.3 Å². The zero-order chi connectivity index (χ0) is 25.3. The molecule has 0 spiro atoms. The van der Waals surface area contributed by atoms with Gasteiger partial charge in [0.1, 0.15) is 25.6 Å². The first-order chi connectivity index (χ1) is 17.5. The van der Waals surface area contributed by atoms with Crippen LogP contribution in [0, 0.1) is 35.0 Å². The summed E-state index contributed by atoms with van der Waals surface area (Å²) in [7, 11) is 1.69. The van der Waals surface area contributed by atoms with E-state index in [1.807, 2.05) is 18.2 Å². The molecule has 0 aromatic heterocycles. The number of aliphatic hydroxyl groups excluding tert-OH is 1. The van der Waals surface area contributed by atoms with E-state index in [4.69, 9.17) is 14.6 Å². The Morgan fingerprint density at radius 1 is 1.11 bits per heavy atom. The number of allylic oxidation sites excluding steroid dienone is 4. The number of ketones is 2. The van der Waals surface area contributed by atoms with Gasteiger partial charge >= 0.3 is 0 Å². The SMILES string of the molecule is COc1ccc([C@H]2C[C@]3(C)[C@@H](C(=O)COCC#CCO)CC[C@H]3[C@@H]3CCC4=CC(=O)CCC4=C32)cc1. The maximum absolute atomic E-state index is 13.4. The highest BCUT2D eigenvalue weighted by Crippen LogP contribution is 2.65. The van der Waals surface area contributed by atoms with Crippen molar-refractivity contribution in [2.24, 2.45) is 23.2 Å². The highest BCUT2D eigenvalue weighted by Gasteiger charge is 2.58. The second-order valence-electron chi connectivity index (χ2n) is 11.0. The van der Waals surface area contributed by atoms with E-state index in [0.717, 1.165) is 44.3 Å². The predicted octanol–water partition coefficient (Wildman–Crippen LogP) is 4.79. The van der Waals surface area contributed by atoms with Gasteiger partial charge in [0.2, 0.25) is 0 Å². The van der Waals surface area contributed by atoms with E-state index < -0.39 is 0 Å². The molecule has 0 saturated heterocycles. The van der Waals surface area contributed by atoms with Gasteiger partial charge in [-0.3, -0.25) is 9.59 Å². The topological polar surface area (TPSA) is 72.8 Å². The summed E-state index contributed by atoms with van der Waals surface area (Å²) >= 11 is 0. The van der Waals surface area contributed by atoms with Crippen LogP contribution in [0.15, 0.2) is 47.1 Å². The van der Waals surface area contributed by atoms with Crippen LogP contribution in [0.2, 0.25) is 0 Å². The lowest BCUT2D eigenvalue weighted by Crippen LogP contribution is -2.45. The first-order valence-corrected chi connectivity index (χ1v) is 13.2. The van der Waals surface area contributed by atoms with E-state index in [9.17, 15) is 9.59 Å². The summed E-state index contributed by atoms with van der Waals surface area (Å²) in [5, 5.41) is 8.81. The third kappa shape index (κ3) is 4.46. The van der Waals surface area contributed by atoms with Crippen LogP contribution in [-0.4, -0.2) is 43.6 Å². The number of rotatable bonds is 6. The molecule has 4 aliphatic carbocycles. The standard InChI is InChI=1S/C31H36O5/c1-31-18-26(20-5-9-23(35-2)10-6-20)30-24-12-8-22(33)17-21(24)7-11-25(30)27(31)13-14-28(31)29(34)19-36-16-4-3-15-32/h5-6,9-10,17,25-28,32H,7-8,11-16,18-19H2,1-2H3/t25-,26+,27-,28+,31-/m0/s1. The Balaban J connectivity index is 1.50. The molecule has 0 aliphatic heterocycles. The normalized spacial score (nSPS) is 31.0. The number of methoxy groups -OCH3 is 1. The van der Waals surface area contributed by atoms with Crippen molar-refractivity contribution < 1.29 is 24.2 Å². The van der Waals surface area contributed by atoms with E-state index >= 15 is 0 Å². The lowest BCUT2D eigenvalue weighted by atomic mass is 9.51. The number of ether oxygens (including phenoxy) is 2. The zero-order valence-electron chi connectivity index (χ0n) is 21.3. The molecule has 2 saturated carbocycles. The summed E-state index contributed by atoms with van der Waals surface area (Å²) in [6.45, 7) is 2.39. The van der Waals surface area contributed by atoms with Crippen LogP contribution in [0.4, 0.5) is 0 Å². The molecular weight excluding hydrogens is 452 g/mol. The average molecular weight is 489 g/mol. The van der Waals surface area contributed by atoms with Crippen molar-refractivity contribution in [1.29, 1.82) is 0 Å². The van der Waals surface area contributed by atoms with E-state index in [0.29, 0.717) is 18.3 Å². The number of hydrogen-bond acceptors (Lipinski definition) is 5. The average Bonchev–Trinajstić information content (AvgIpc) is 3.24. The number of hydrogen-bond donors (Lipinski definition) is 1. The largest absolute Gasteiger partial charge is 0.497 e. The Morgan fingerprint density at radius 3 is 2.67 bits per heavy atom. The van der Waals surface area contributed by atoms with Gasteiger partial charge < -0.3 is 14.6 Å². The maximum atomic E-state index is 13.4. The summed E-state index contributed by atoms with van der Waals surface area (Å²) in [6, 6.07) is 8.43. The summed E-state index contributed by atoms with van der Waals surface area (Å²) < 4.78 is 11.0. The van der Waals surface area contributed by atoms with Crippen LogP contribution in [0.1, 0.15) is 63.4 Å². The Bertz CT molecular complexity index is 1150. The van der Waals surface area contributed by atoms with Crippen molar-refractivity contribution in [2.45, 2.75) is 57.8 Å². The minimum atomic E-state index is -0.198. The van der Waals surface area contributed by atoms with Crippen molar-refractivity contribution in [3.63, 3.8) is 0 Å². The molecule has 5 rings (SSSR count). The molecule has 1 N–H and O–H groups in total. The highest BCUT2D eigenvalue weighted by atomic mass is 16.5. The Morgan fingerprint density at radius 2 is 1.92 bits per heavy atom. The third-order valence-electron chi connectivity index (χ3n) is 9.26. The number of Topliss-reactive ketones (excluding diaryl/α,β-unsaturated/α-hetero) is 1. The van der Waals surface area contributed by atoms with Crippen LogP contribution in [0.25, 0.3) is 0 Å². The summed E-state index contributed by atoms with van der Waals surface area (Å²) in [5.41, 5.74) is 5.39. The third-order valence-corrected chi connectivity index (χ3v) is 9.26. The first kappa shape index (κ1) is 25.0. The van der Waals surface area contributed by atoms with Gasteiger partial charge in [0, 0.05) is 18.3 Å². The van der Waals surface area contributed by atoms with Gasteiger partial charge in [0.15, 0.2) is 11.6 Å². The first-order valence-electron chi connectivity index (χ1n) is 13.2. The van der Waals surface area contributed by atoms with Gasteiger partial charge in [-0.25, -0.2) is 0 Å². The maximum Gasteiger partial charge on any atom is 0.162 e. The van der Waals surface area contributed by atoms with Crippen LogP contribution >= 0.6 is 0 Å². The van der Waals surface area contributed by atoms with Crippen molar-refractivity contribution in [3.05, 3.63) is 52.6 Å². The fourth-order valence-electron chi connectivity index (χ4n) is 7.73. The molecule has 0 unspecified atom stereocenters. The van der Waals surface area contributed by atoms with Crippen molar-refractivity contribution in [3.8, 4) is 17.6 Å². The molecular formula is C31H36O5. The fraction of sp³-hybridized carbons (Fsp3) is 0.548. The molecule has 5 heteroatoms. The second kappa shape index (κ2) is 10.4. The Kier molecular flexibility index (Phi) is 7.19. The molecule has 36 heavy (non-hydrogen) atoms. The van der Waals surface area contributed by atoms with Crippen molar-refractivity contribution >= 4 is 11.6 Å². The fourth-order valence-corrected chi connectivity index (χ4v) is 7.73. The van der Waals surface area contributed by atoms with Gasteiger partial charge in [-0.15, -0.1) is 0 Å². The lowest BCUT2D eigenvalue weighted by molar-refractivity contribution is -0.131. The van der Waals surface area contributed by atoms with Gasteiger partial charge in [-0.05, 0) is 90.7 Å². The number of benzene rings is 1. The van der Waals surface area contributed by atoms with Gasteiger partial charge in [-0.1, -0.05) is 36.5 Å². The van der Waals surface area contributed by atoms with Crippen LogP contribution in [0.5, 0.6) is 5.75 Å². The molecule has 0 heterocycles. The van der Waals surface area contributed by atoms with Crippen LogP contribution < -0.4 is 4.74 Å². The molecule has 0 bridgehead atoms. The number of carbonyl (C=O) groups is 2. The number of fused-ring (bicyclic) bond motifs is 4. The highest BCUT2D eigenvalue weighted by molar-refractivity contribution is 5.93. The molecule has 0 amide bonds. The zero-order valence-corrected chi connectivity index (χ0v) is 21.3. The van der Waals surface area contributed by atoms with E-state index in [1.165, 1.54) is 22.3 Å². The summed E-state index contributed by atoms with van der Waals surface area (Å²) in [4.78, 5) is 25.6. The van der Waals surface area contributed by atoms with E-state index in [-0.39, 0.29) is 48.6 Å². The van der Waals surface area contributed by atoms with E-state index in [2.05, 4.69) is 30.9 Å². The molecule has 5 nitrogen and oxygen atoms in total.